The van der Waals surface area contributed by atoms with Crippen LogP contribution in [0.4, 0.5) is 0 Å². The third kappa shape index (κ3) is 2.44. The molecule has 3 aliphatic rings. The lowest BCUT2D eigenvalue weighted by molar-refractivity contribution is -0.145. The third-order valence-electron chi connectivity index (χ3n) is 5.15. The predicted octanol–water partition coefficient (Wildman–Crippen LogP) is 3.11. The summed E-state index contributed by atoms with van der Waals surface area (Å²) in [5.74, 6) is 2.82. The van der Waals surface area contributed by atoms with Crippen LogP contribution in [0.2, 0.25) is 0 Å². The lowest BCUT2D eigenvalue weighted by Gasteiger charge is -2.32. The van der Waals surface area contributed by atoms with Crippen LogP contribution in [-0.2, 0) is 14.3 Å². The minimum absolute atomic E-state index is 0.0357. The van der Waals surface area contributed by atoms with Gasteiger partial charge in [0.05, 0.1) is 12.2 Å². The second-order valence-corrected chi connectivity index (χ2v) is 6.66. The molecule has 110 valence electrons. The zero-order valence-electron chi connectivity index (χ0n) is 12.4. The molecule has 0 aromatic rings. The van der Waals surface area contributed by atoms with Crippen molar-refractivity contribution >= 4 is 5.97 Å². The SMILES string of the molecule is C=C(C)C(=O)OCC(C)OC1CC2CC1C1C=CCC21. The number of hydrogen-bond acceptors (Lipinski definition) is 3. The Hall–Kier alpha value is -1.09. The molecular formula is C17H24O3. The van der Waals surface area contributed by atoms with E-state index in [1.165, 1.54) is 19.3 Å². The van der Waals surface area contributed by atoms with Crippen molar-refractivity contribution in [3.63, 3.8) is 0 Å². The quantitative estimate of drug-likeness (QED) is 0.440. The van der Waals surface area contributed by atoms with Gasteiger partial charge in [0.25, 0.3) is 0 Å². The molecule has 0 aromatic carbocycles. The molecular weight excluding hydrogens is 252 g/mol. The first-order valence-electron chi connectivity index (χ1n) is 7.71. The molecule has 3 heteroatoms. The number of esters is 1. The highest BCUT2D eigenvalue weighted by Crippen LogP contribution is 2.57. The van der Waals surface area contributed by atoms with Crippen LogP contribution in [0.5, 0.6) is 0 Å². The van der Waals surface area contributed by atoms with Gasteiger partial charge in [-0.15, -0.1) is 0 Å². The number of fused-ring (bicyclic) bond motifs is 5. The zero-order chi connectivity index (χ0) is 14.3. The molecule has 6 unspecified atom stereocenters. The van der Waals surface area contributed by atoms with Gasteiger partial charge in [-0.05, 0) is 56.8 Å². The van der Waals surface area contributed by atoms with E-state index in [9.17, 15) is 4.79 Å². The maximum Gasteiger partial charge on any atom is 0.333 e. The standard InChI is InChI=1S/C17H24O3/c1-10(2)17(18)19-9-11(3)20-16-8-12-7-15(16)14-6-4-5-13(12)14/h4,6,11-16H,1,5,7-9H2,2-3H3. The Labute approximate surface area is 121 Å². The van der Waals surface area contributed by atoms with E-state index in [0.717, 1.165) is 17.8 Å². The molecule has 0 aliphatic heterocycles. The Kier molecular flexibility index (Phi) is 3.72. The van der Waals surface area contributed by atoms with Gasteiger partial charge < -0.3 is 9.47 Å². The lowest BCUT2D eigenvalue weighted by Crippen LogP contribution is -2.34. The molecule has 0 spiro atoms. The Morgan fingerprint density at radius 1 is 1.40 bits per heavy atom. The highest BCUT2D eigenvalue weighted by molar-refractivity contribution is 5.86. The predicted molar refractivity (Wildman–Crippen MR) is 77.1 cm³/mol. The molecule has 0 aromatic heterocycles. The van der Waals surface area contributed by atoms with Gasteiger partial charge in [-0.1, -0.05) is 18.7 Å². The average molecular weight is 276 g/mol. The van der Waals surface area contributed by atoms with Crippen molar-refractivity contribution in [2.24, 2.45) is 23.7 Å². The van der Waals surface area contributed by atoms with Gasteiger partial charge in [0.2, 0.25) is 0 Å². The molecule has 2 bridgehead atoms. The maximum absolute atomic E-state index is 11.4. The summed E-state index contributed by atoms with van der Waals surface area (Å²) < 4.78 is 11.3. The van der Waals surface area contributed by atoms with Gasteiger partial charge in [0.15, 0.2) is 0 Å². The minimum atomic E-state index is -0.327. The van der Waals surface area contributed by atoms with Crippen LogP contribution >= 0.6 is 0 Å². The molecule has 0 radical (unpaired) electrons. The van der Waals surface area contributed by atoms with Crippen LogP contribution in [0.15, 0.2) is 24.3 Å². The smallest absolute Gasteiger partial charge is 0.333 e. The van der Waals surface area contributed by atoms with E-state index in [2.05, 4.69) is 18.7 Å². The second kappa shape index (κ2) is 5.36. The van der Waals surface area contributed by atoms with Gasteiger partial charge in [-0.25, -0.2) is 4.79 Å². The van der Waals surface area contributed by atoms with E-state index in [1.54, 1.807) is 6.92 Å². The van der Waals surface area contributed by atoms with E-state index in [-0.39, 0.29) is 12.1 Å². The number of carbonyl (C=O) groups excluding carboxylic acids is 1. The van der Waals surface area contributed by atoms with Crippen LogP contribution < -0.4 is 0 Å². The molecule has 2 fully saturated rings. The average Bonchev–Trinajstić information content (AvgIpc) is 3.06. The van der Waals surface area contributed by atoms with E-state index in [4.69, 9.17) is 9.47 Å². The highest BCUT2D eigenvalue weighted by atomic mass is 16.6. The zero-order valence-corrected chi connectivity index (χ0v) is 12.4. The summed E-state index contributed by atoms with van der Waals surface area (Å²) >= 11 is 0. The van der Waals surface area contributed by atoms with E-state index in [0.29, 0.717) is 24.2 Å². The summed E-state index contributed by atoms with van der Waals surface area (Å²) in [6, 6.07) is 0. The van der Waals surface area contributed by atoms with Crippen LogP contribution in [-0.4, -0.2) is 24.8 Å². The summed E-state index contributed by atoms with van der Waals surface area (Å²) in [5, 5.41) is 0. The van der Waals surface area contributed by atoms with Crippen molar-refractivity contribution in [1.82, 2.24) is 0 Å². The van der Waals surface area contributed by atoms with Crippen molar-refractivity contribution in [3.8, 4) is 0 Å². The van der Waals surface area contributed by atoms with Gasteiger partial charge in [0.1, 0.15) is 6.61 Å². The molecule has 3 aliphatic carbocycles. The van der Waals surface area contributed by atoms with Gasteiger partial charge >= 0.3 is 5.97 Å². The Morgan fingerprint density at radius 3 is 2.95 bits per heavy atom. The van der Waals surface area contributed by atoms with Crippen molar-refractivity contribution < 1.29 is 14.3 Å². The monoisotopic (exact) mass is 276 g/mol. The normalized spacial score (nSPS) is 38.8. The van der Waals surface area contributed by atoms with E-state index < -0.39 is 0 Å². The highest BCUT2D eigenvalue weighted by Gasteiger charge is 2.53. The molecule has 2 saturated carbocycles. The number of ether oxygens (including phenoxy) is 2. The number of allylic oxidation sites excluding steroid dienone is 2. The fourth-order valence-corrected chi connectivity index (χ4v) is 4.30. The van der Waals surface area contributed by atoms with Crippen LogP contribution in [0.25, 0.3) is 0 Å². The first kappa shape index (κ1) is 13.9. The summed E-state index contributed by atoms with van der Waals surface area (Å²) in [6.45, 7) is 7.55. The van der Waals surface area contributed by atoms with Crippen molar-refractivity contribution in [3.05, 3.63) is 24.3 Å². The molecule has 0 amide bonds. The minimum Gasteiger partial charge on any atom is -0.460 e. The first-order valence-corrected chi connectivity index (χ1v) is 7.71. The van der Waals surface area contributed by atoms with Gasteiger partial charge in [-0.3, -0.25) is 0 Å². The molecule has 0 N–H and O–H groups in total. The third-order valence-corrected chi connectivity index (χ3v) is 5.15. The van der Waals surface area contributed by atoms with E-state index >= 15 is 0 Å². The first-order chi connectivity index (χ1) is 9.56. The van der Waals surface area contributed by atoms with Crippen LogP contribution in [0.3, 0.4) is 0 Å². The van der Waals surface area contributed by atoms with Crippen molar-refractivity contribution in [2.75, 3.05) is 6.61 Å². The van der Waals surface area contributed by atoms with Crippen LogP contribution in [0, 0.1) is 23.7 Å². The van der Waals surface area contributed by atoms with E-state index in [1.807, 2.05) is 6.92 Å². The number of carbonyl (C=O) groups is 1. The summed E-state index contributed by atoms with van der Waals surface area (Å²) in [4.78, 5) is 11.4. The summed E-state index contributed by atoms with van der Waals surface area (Å²) in [7, 11) is 0. The van der Waals surface area contributed by atoms with Crippen molar-refractivity contribution in [1.29, 1.82) is 0 Å². The van der Waals surface area contributed by atoms with Gasteiger partial charge in [-0.2, -0.15) is 0 Å². The summed E-state index contributed by atoms with van der Waals surface area (Å²) in [6.07, 6.45) is 8.83. The number of rotatable bonds is 5. The second-order valence-electron chi connectivity index (χ2n) is 6.66. The topological polar surface area (TPSA) is 35.5 Å². The lowest BCUT2D eigenvalue weighted by atomic mass is 9.80. The molecule has 3 nitrogen and oxygen atoms in total. The summed E-state index contributed by atoms with van der Waals surface area (Å²) in [5.41, 5.74) is 0.441. The molecule has 0 saturated heterocycles. The molecule has 0 heterocycles. The number of hydrogen-bond donors (Lipinski definition) is 0. The maximum atomic E-state index is 11.4. The largest absolute Gasteiger partial charge is 0.460 e. The Balaban J connectivity index is 1.48. The fraction of sp³-hybridized carbons (Fsp3) is 0.706. The van der Waals surface area contributed by atoms with Gasteiger partial charge in [0, 0.05) is 5.57 Å². The fourth-order valence-electron chi connectivity index (χ4n) is 4.30. The van der Waals surface area contributed by atoms with Crippen molar-refractivity contribution in [2.45, 2.75) is 45.3 Å². The molecule has 3 rings (SSSR count). The Morgan fingerprint density at radius 2 is 2.20 bits per heavy atom. The Bertz CT molecular complexity index is 440. The molecule has 20 heavy (non-hydrogen) atoms. The van der Waals surface area contributed by atoms with Crippen LogP contribution in [0.1, 0.15) is 33.1 Å². The molecule has 6 atom stereocenters.